The van der Waals surface area contributed by atoms with E-state index in [-0.39, 0.29) is 44.8 Å². The molecule has 0 bridgehead atoms. The van der Waals surface area contributed by atoms with Crippen molar-refractivity contribution in [2.75, 3.05) is 30.3 Å². The lowest BCUT2D eigenvalue weighted by atomic mass is 9.95. The smallest absolute Gasteiger partial charge is 0.163 e. The molecule has 186 valence electrons. The lowest BCUT2D eigenvalue weighted by Crippen LogP contribution is -2.43. The maximum Gasteiger partial charge on any atom is 0.163 e. The van der Waals surface area contributed by atoms with Crippen LogP contribution in [-0.2, 0) is 6.54 Å². The van der Waals surface area contributed by atoms with Crippen LogP contribution in [0.2, 0.25) is 0 Å². The highest BCUT2D eigenvalue weighted by atomic mass is 35.5. The number of hydrogen-bond donors (Lipinski definition) is 4. The molecule has 8 nitrogen and oxygen atoms in total. The number of fused-ring (bicyclic) bond motifs is 1. The normalized spacial score (nSPS) is 17.2. The van der Waals surface area contributed by atoms with Crippen LogP contribution < -0.4 is 16.0 Å². The molecule has 3 aromatic rings. The Bertz CT molecular complexity index is 951. The second kappa shape index (κ2) is 14.0. The summed E-state index contributed by atoms with van der Waals surface area (Å²) >= 11 is 0. The highest BCUT2D eigenvalue weighted by Crippen LogP contribution is 2.25. The number of anilines is 2. The van der Waals surface area contributed by atoms with Gasteiger partial charge in [0.25, 0.3) is 0 Å². The predicted octanol–water partition coefficient (Wildman–Crippen LogP) is 3.72. The molecule has 2 atom stereocenters. The molecule has 1 aromatic carbocycles. The molecule has 0 aliphatic carbocycles. The first-order valence-electron chi connectivity index (χ1n) is 10.4. The van der Waals surface area contributed by atoms with Crippen molar-refractivity contribution in [2.24, 2.45) is 5.92 Å². The zero-order valence-corrected chi connectivity index (χ0v) is 18.8. The van der Waals surface area contributed by atoms with Crippen LogP contribution >= 0.6 is 12.4 Å². The maximum absolute atomic E-state index is 10.2. The van der Waals surface area contributed by atoms with Crippen LogP contribution in [-0.4, -0.2) is 50.9 Å². The van der Waals surface area contributed by atoms with Gasteiger partial charge < -0.3 is 26.5 Å². The summed E-state index contributed by atoms with van der Waals surface area (Å²) in [6.45, 7) is 7.32. The molecular formula is C24H41ClN6O2. The van der Waals surface area contributed by atoms with Crippen molar-refractivity contribution in [1.29, 1.82) is 0 Å². The summed E-state index contributed by atoms with van der Waals surface area (Å²) in [6.07, 6.45) is 2.54. The average Bonchev–Trinajstić information content (AvgIpc) is 3.16. The first-order chi connectivity index (χ1) is 14.1. The number of aliphatic hydroxyl groups excluding tert-OH is 1. The topological polar surface area (TPSA) is 118 Å². The minimum Gasteiger partial charge on any atom is -0.412 e. The Balaban J connectivity index is 0.00000256. The van der Waals surface area contributed by atoms with Crippen molar-refractivity contribution in [2.45, 2.75) is 53.7 Å². The number of nitrogens with one attached hydrogen (secondary N) is 3. The van der Waals surface area contributed by atoms with E-state index in [1.807, 2.05) is 35.0 Å². The number of hydrogen-bond acceptors (Lipinski definition) is 6. The minimum atomic E-state index is -0.322. The van der Waals surface area contributed by atoms with Crippen molar-refractivity contribution in [1.82, 2.24) is 19.9 Å². The molecule has 33 heavy (non-hydrogen) atoms. The molecule has 9 heteroatoms. The molecule has 1 aliphatic heterocycles. The van der Waals surface area contributed by atoms with E-state index in [9.17, 15) is 5.11 Å². The van der Waals surface area contributed by atoms with Gasteiger partial charge in [-0.05, 0) is 24.4 Å². The number of halogens is 1. The third kappa shape index (κ3) is 7.30. The average molecular weight is 481 g/mol. The van der Waals surface area contributed by atoms with E-state index in [1.54, 1.807) is 0 Å². The Morgan fingerprint density at radius 2 is 1.91 bits per heavy atom. The largest absolute Gasteiger partial charge is 0.412 e. The van der Waals surface area contributed by atoms with Gasteiger partial charge in [0.05, 0.1) is 12.3 Å². The van der Waals surface area contributed by atoms with Gasteiger partial charge in [-0.2, -0.15) is 9.61 Å². The standard InChI is InChI=1S/C22H30N6O.2CH4.ClH.H2O/c1-15(2)18-13-26-28-21(25-11-16-6-4-3-5-7-16)10-20(27-22(18)28)24-12-17-8-9-23-14-19(17)29;;;;/h3-7,10,13,15,17,19,23,25,29H,8-9,11-12,14H2,1-2H3,(H,24,27);2*1H4;1H;1H2/t17-,19+;;;;/m1..../s1. The van der Waals surface area contributed by atoms with E-state index in [1.165, 1.54) is 5.56 Å². The fourth-order valence-electron chi connectivity index (χ4n) is 3.76. The molecule has 0 amide bonds. The van der Waals surface area contributed by atoms with E-state index >= 15 is 0 Å². The fraction of sp³-hybridized carbons (Fsp3) is 0.500. The minimum absolute atomic E-state index is 0. The van der Waals surface area contributed by atoms with Crippen LogP contribution in [0.3, 0.4) is 0 Å². The van der Waals surface area contributed by atoms with E-state index in [0.29, 0.717) is 25.6 Å². The summed E-state index contributed by atoms with van der Waals surface area (Å²) in [6, 6.07) is 12.3. The first-order valence-corrected chi connectivity index (χ1v) is 10.4. The molecule has 4 rings (SSSR count). The summed E-state index contributed by atoms with van der Waals surface area (Å²) in [7, 11) is 0. The first kappa shape index (κ1) is 30.6. The zero-order chi connectivity index (χ0) is 20.2. The molecule has 0 saturated carbocycles. The number of piperidine rings is 1. The van der Waals surface area contributed by atoms with Crippen LogP contribution in [0.15, 0.2) is 42.6 Å². The summed E-state index contributed by atoms with van der Waals surface area (Å²) < 4.78 is 1.88. The van der Waals surface area contributed by atoms with Gasteiger partial charge in [0.2, 0.25) is 0 Å². The van der Waals surface area contributed by atoms with E-state index in [4.69, 9.17) is 4.98 Å². The summed E-state index contributed by atoms with van der Waals surface area (Å²) in [5.41, 5.74) is 3.20. The number of aliphatic hydroxyl groups is 1. The van der Waals surface area contributed by atoms with Crippen molar-refractivity contribution in [3.63, 3.8) is 0 Å². The third-order valence-electron chi connectivity index (χ3n) is 5.57. The Hall–Kier alpha value is -2.39. The quantitative estimate of drug-likeness (QED) is 0.409. The lowest BCUT2D eigenvalue weighted by Gasteiger charge is -2.28. The fourth-order valence-corrected chi connectivity index (χ4v) is 3.76. The molecular weight excluding hydrogens is 440 g/mol. The van der Waals surface area contributed by atoms with E-state index < -0.39 is 0 Å². The Morgan fingerprint density at radius 3 is 2.58 bits per heavy atom. The van der Waals surface area contributed by atoms with E-state index in [2.05, 4.69) is 47.0 Å². The number of aromatic nitrogens is 3. The van der Waals surface area contributed by atoms with Crippen LogP contribution in [0.1, 0.15) is 52.2 Å². The van der Waals surface area contributed by atoms with Crippen molar-refractivity contribution in [3.8, 4) is 0 Å². The van der Waals surface area contributed by atoms with Gasteiger partial charge in [-0.1, -0.05) is 59.0 Å². The van der Waals surface area contributed by atoms with Crippen LogP contribution in [0, 0.1) is 5.92 Å². The molecule has 1 fully saturated rings. The van der Waals surface area contributed by atoms with Crippen molar-refractivity contribution in [3.05, 3.63) is 53.7 Å². The zero-order valence-electron chi connectivity index (χ0n) is 18.0. The molecule has 0 spiro atoms. The number of benzene rings is 1. The SMILES string of the molecule is C.C.CC(C)c1cnn2c(NCc3ccccc3)cc(NC[C@H]3CCNC[C@@H]3O)nc12.Cl.O. The molecule has 2 aromatic heterocycles. The second-order valence-corrected chi connectivity index (χ2v) is 8.06. The molecule has 1 aliphatic rings. The van der Waals surface area contributed by atoms with Gasteiger partial charge >= 0.3 is 0 Å². The van der Waals surface area contributed by atoms with Crippen LogP contribution in [0.4, 0.5) is 11.6 Å². The maximum atomic E-state index is 10.2. The van der Waals surface area contributed by atoms with Gasteiger partial charge in [0.1, 0.15) is 11.6 Å². The van der Waals surface area contributed by atoms with Crippen molar-refractivity contribution >= 4 is 29.7 Å². The summed E-state index contributed by atoms with van der Waals surface area (Å²) in [4.78, 5) is 4.83. The molecule has 1 saturated heterocycles. The highest BCUT2D eigenvalue weighted by molar-refractivity contribution is 5.85. The predicted molar refractivity (Wildman–Crippen MR) is 141 cm³/mol. The highest BCUT2D eigenvalue weighted by Gasteiger charge is 2.23. The van der Waals surface area contributed by atoms with Gasteiger partial charge in [-0.3, -0.25) is 0 Å². The number of β-amino-alcohol motifs (C(OH)–C–C–N with tert-alkyl or cyclic N) is 1. The Kier molecular flexibility index (Phi) is 13.0. The third-order valence-corrected chi connectivity index (χ3v) is 5.57. The summed E-state index contributed by atoms with van der Waals surface area (Å²) in [5, 5.41) is 25.0. The number of rotatable bonds is 7. The second-order valence-electron chi connectivity index (χ2n) is 8.06. The van der Waals surface area contributed by atoms with Gasteiger partial charge in [-0.15, -0.1) is 12.4 Å². The van der Waals surface area contributed by atoms with Crippen LogP contribution in [0.5, 0.6) is 0 Å². The van der Waals surface area contributed by atoms with Crippen LogP contribution in [0.25, 0.3) is 5.65 Å². The molecule has 3 heterocycles. The monoisotopic (exact) mass is 480 g/mol. The summed E-state index contributed by atoms with van der Waals surface area (Å²) in [5.74, 6) is 2.27. The van der Waals surface area contributed by atoms with E-state index in [0.717, 1.165) is 35.8 Å². The number of nitrogens with zero attached hydrogens (tertiary/aromatic N) is 3. The Labute approximate surface area is 203 Å². The van der Waals surface area contributed by atoms with Crippen molar-refractivity contribution < 1.29 is 10.6 Å². The Morgan fingerprint density at radius 1 is 1.18 bits per heavy atom. The van der Waals surface area contributed by atoms with Gasteiger partial charge in [0.15, 0.2) is 5.65 Å². The molecule has 0 unspecified atom stereocenters. The van der Waals surface area contributed by atoms with Gasteiger partial charge in [-0.25, -0.2) is 4.98 Å². The molecule has 6 N–H and O–H groups in total. The van der Waals surface area contributed by atoms with Gasteiger partial charge in [0, 0.05) is 37.2 Å². The lowest BCUT2D eigenvalue weighted by molar-refractivity contribution is 0.0883. The molecule has 0 radical (unpaired) electrons.